The van der Waals surface area contributed by atoms with Crippen molar-refractivity contribution in [3.8, 4) is 11.8 Å². The van der Waals surface area contributed by atoms with Gasteiger partial charge in [-0.2, -0.15) is 0 Å². The maximum atomic E-state index is 12.4. The zero-order chi connectivity index (χ0) is 19.9. The standard InChI is InChI=1S/C20H20N6O3/c27-18(15-2-4-17(5-3-15)29-20-22-7-1-8-23-20)24-14-16-6-9-21-19(25-16)26-10-12-28-13-11-26/h1-9H,10-14H2,(H,24,27). The second-order valence-electron chi connectivity index (χ2n) is 6.29. The third-order valence-corrected chi connectivity index (χ3v) is 4.29. The Labute approximate surface area is 167 Å². The van der Waals surface area contributed by atoms with Crippen LogP contribution in [0.5, 0.6) is 11.8 Å². The molecule has 29 heavy (non-hydrogen) atoms. The number of morpholine rings is 1. The molecule has 3 aromatic rings. The van der Waals surface area contributed by atoms with Gasteiger partial charge in [0.15, 0.2) is 0 Å². The fourth-order valence-corrected chi connectivity index (χ4v) is 2.79. The molecule has 9 nitrogen and oxygen atoms in total. The largest absolute Gasteiger partial charge is 0.424 e. The van der Waals surface area contributed by atoms with Crippen LogP contribution in [0.15, 0.2) is 55.0 Å². The minimum absolute atomic E-state index is 0.195. The van der Waals surface area contributed by atoms with Gasteiger partial charge in [0.25, 0.3) is 5.91 Å². The molecular weight excluding hydrogens is 372 g/mol. The van der Waals surface area contributed by atoms with Crippen LogP contribution in [-0.4, -0.2) is 52.1 Å². The molecule has 1 saturated heterocycles. The minimum Gasteiger partial charge on any atom is -0.424 e. The van der Waals surface area contributed by atoms with Crippen LogP contribution in [0.3, 0.4) is 0 Å². The summed E-state index contributed by atoms with van der Waals surface area (Å²) >= 11 is 0. The van der Waals surface area contributed by atoms with Crippen LogP contribution in [-0.2, 0) is 11.3 Å². The highest BCUT2D eigenvalue weighted by atomic mass is 16.5. The van der Waals surface area contributed by atoms with Gasteiger partial charge in [-0.25, -0.2) is 19.9 Å². The minimum atomic E-state index is -0.195. The predicted octanol–water partition coefficient (Wildman–Crippen LogP) is 1.83. The number of nitrogens with zero attached hydrogens (tertiary/aromatic N) is 5. The summed E-state index contributed by atoms with van der Waals surface area (Å²) in [7, 11) is 0. The molecule has 1 N–H and O–H groups in total. The first-order chi connectivity index (χ1) is 14.3. The lowest BCUT2D eigenvalue weighted by atomic mass is 10.2. The fraction of sp³-hybridized carbons (Fsp3) is 0.250. The number of carbonyl (C=O) groups is 1. The number of ether oxygens (including phenoxy) is 2. The van der Waals surface area contributed by atoms with Crippen molar-refractivity contribution in [2.45, 2.75) is 6.54 Å². The molecule has 4 rings (SSSR count). The lowest BCUT2D eigenvalue weighted by Gasteiger charge is -2.26. The summed E-state index contributed by atoms with van der Waals surface area (Å²) < 4.78 is 10.9. The lowest BCUT2D eigenvalue weighted by molar-refractivity contribution is 0.0950. The van der Waals surface area contributed by atoms with E-state index in [9.17, 15) is 4.79 Å². The van der Waals surface area contributed by atoms with E-state index in [0.29, 0.717) is 37.0 Å². The van der Waals surface area contributed by atoms with Crippen molar-refractivity contribution >= 4 is 11.9 Å². The van der Waals surface area contributed by atoms with Crippen LogP contribution in [0.1, 0.15) is 16.1 Å². The van der Waals surface area contributed by atoms with Gasteiger partial charge in [0.2, 0.25) is 5.95 Å². The number of benzene rings is 1. The topological polar surface area (TPSA) is 102 Å². The Morgan fingerprint density at radius 3 is 2.55 bits per heavy atom. The van der Waals surface area contributed by atoms with Crippen LogP contribution in [0, 0.1) is 0 Å². The summed E-state index contributed by atoms with van der Waals surface area (Å²) in [6, 6.07) is 10.5. The number of amides is 1. The van der Waals surface area contributed by atoms with Crippen LogP contribution >= 0.6 is 0 Å². The highest BCUT2D eigenvalue weighted by Crippen LogP contribution is 2.17. The lowest BCUT2D eigenvalue weighted by Crippen LogP contribution is -2.37. The average molecular weight is 392 g/mol. The Balaban J connectivity index is 1.33. The van der Waals surface area contributed by atoms with E-state index in [0.717, 1.165) is 18.8 Å². The van der Waals surface area contributed by atoms with Crippen molar-refractivity contribution in [3.63, 3.8) is 0 Å². The first-order valence-electron chi connectivity index (χ1n) is 9.26. The molecule has 148 valence electrons. The molecule has 0 bridgehead atoms. The normalized spacial score (nSPS) is 13.7. The van der Waals surface area contributed by atoms with Crippen molar-refractivity contribution < 1.29 is 14.3 Å². The molecule has 0 saturated carbocycles. The van der Waals surface area contributed by atoms with Gasteiger partial charge >= 0.3 is 6.01 Å². The van der Waals surface area contributed by atoms with E-state index in [2.05, 4.69) is 30.2 Å². The second-order valence-corrected chi connectivity index (χ2v) is 6.29. The Morgan fingerprint density at radius 1 is 1.03 bits per heavy atom. The molecule has 0 spiro atoms. The Bertz CT molecular complexity index is 946. The van der Waals surface area contributed by atoms with E-state index < -0.39 is 0 Å². The molecule has 1 fully saturated rings. The molecule has 1 aliphatic rings. The van der Waals surface area contributed by atoms with E-state index in [1.54, 1.807) is 55.0 Å². The van der Waals surface area contributed by atoms with Crippen LogP contribution < -0.4 is 15.0 Å². The van der Waals surface area contributed by atoms with Gasteiger partial charge in [-0.15, -0.1) is 0 Å². The Morgan fingerprint density at radius 2 is 1.79 bits per heavy atom. The van der Waals surface area contributed by atoms with E-state index in [1.165, 1.54) is 0 Å². The fourth-order valence-electron chi connectivity index (χ4n) is 2.79. The average Bonchev–Trinajstić information content (AvgIpc) is 2.79. The number of hydrogen-bond donors (Lipinski definition) is 1. The summed E-state index contributed by atoms with van der Waals surface area (Å²) in [6.45, 7) is 3.17. The molecule has 0 atom stereocenters. The molecule has 0 radical (unpaired) electrons. The number of nitrogens with one attached hydrogen (secondary N) is 1. The van der Waals surface area contributed by atoms with E-state index in [-0.39, 0.29) is 11.9 Å². The maximum absolute atomic E-state index is 12.4. The third kappa shape index (κ3) is 5.02. The number of hydrogen-bond acceptors (Lipinski definition) is 8. The van der Waals surface area contributed by atoms with Gasteiger partial charge in [-0.1, -0.05) is 0 Å². The number of rotatable bonds is 6. The second kappa shape index (κ2) is 9.07. The van der Waals surface area contributed by atoms with Gasteiger partial charge in [-0.05, 0) is 36.4 Å². The molecule has 2 aromatic heterocycles. The quantitative estimate of drug-likeness (QED) is 0.678. The first kappa shape index (κ1) is 18.8. The van der Waals surface area contributed by atoms with Crippen LogP contribution in [0.4, 0.5) is 5.95 Å². The summed E-state index contributed by atoms with van der Waals surface area (Å²) in [5, 5.41) is 2.88. The van der Waals surface area contributed by atoms with Gasteiger partial charge < -0.3 is 19.7 Å². The van der Waals surface area contributed by atoms with Crippen LogP contribution in [0.2, 0.25) is 0 Å². The molecule has 3 heterocycles. The number of anilines is 1. The summed E-state index contributed by atoms with van der Waals surface area (Å²) in [5.41, 5.74) is 1.27. The highest BCUT2D eigenvalue weighted by molar-refractivity contribution is 5.94. The van der Waals surface area contributed by atoms with Gasteiger partial charge in [0.05, 0.1) is 25.5 Å². The SMILES string of the molecule is O=C(NCc1ccnc(N2CCOCC2)n1)c1ccc(Oc2ncccn2)cc1. The molecule has 9 heteroatoms. The van der Waals surface area contributed by atoms with E-state index >= 15 is 0 Å². The highest BCUT2D eigenvalue weighted by Gasteiger charge is 2.14. The summed E-state index contributed by atoms with van der Waals surface area (Å²) in [4.78, 5) is 31.3. The zero-order valence-corrected chi connectivity index (χ0v) is 15.7. The molecule has 0 aliphatic carbocycles. The molecule has 1 aromatic carbocycles. The monoisotopic (exact) mass is 392 g/mol. The zero-order valence-electron chi connectivity index (χ0n) is 15.7. The predicted molar refractivity (Wildman–Crippen MR) is 105 cm³/mol. The van der Waals surface area contributed by atoms with Crippen molar-refractivity contribution in [1.29, 1.82) is 0 Å². The maximum Gasteiger partial charge on any atom is 0.321 e. The van der Waals surface area contributed by atoms with Gasteiger partial charge in [0.1, 0.15) is 5.75 Å². The van der Waals surface area contributed by atoms with Crippen molar-refractivity contribution in [1.82, 2.24) is 25.3 Å². The number of aromatic nitrogens is 4. The van der Waals surface area contributed by atoms with Crippen molar-refractivity contribution in [2.75, 3.05) is 31.2 Å². The molecular formula is C20H20N6O3. The summed E-state index contributed by atoms with van der Waals surface area (Å²) in [5.74, 6) is 1.02. The van der Waals surface area contributed by atoms with Crippen molar-refractivity contribution in [3.05, 3.63) is 66.2 Å². The summed E-state index contributed by atoms with van der Waals surface area (Å²) in [6.07, 6.45) is 4.90. The number of carbonyl (C=O) groups excluding carboxylic acids is 1. The van der Waals surface area contributed by atoms with E-state index in [4.69, 9.17) is 9.47 Å². The van der Waals surface area contributed by atoms with Gasteiger partial charge in [-0.3, -0.25) is 4.79 Å². The van der Waals surface area contributed by atoms with Crippen LogP contribution in [0.25, 0.3) is 0 Å². The Kier molecular flexibility index (Phi) is 5.87. The molecule has 0 unspecified atom stereocenters. The van der Waals surface area contributed by atoms with Crippen molar-refractivity contribution in [2.24, 2.45) is 0 Å². The third-order valence-electron chi connectivity index (χ3n) is 4.29. The first-order valence-corrected chi connectivity index (χ1v) is 9.26. The smallest absolute Gasteiger partial charge is 0.321 e. The van der Waals surface area contributed by atoms with Gasteiger partial charge in [0, 0.05) is 37.2 Å². The molecule has 1 aliphatic heterocycles. The molecule has 1 amide bonds. The Hall–Kier alpha value is -3.59. The van der Waals surface area contributed by atoms with E-state index in [1.807, 2.05) is 0 Å².